The van der Waals surface area contributed by atoms with Crippen molar-refractivity contribution >= 4 is 19.1 Å². The van der Waals surface area contributed by atoms with Crippen molar-refractivity contribution in [1.82, 2.24) is 19.5 Å². The van der Waals surface area contributed by atoms with Gasteiger partial charge in [-0.25, -0.2) is 9.97 Å². The minimum absolute atomic E-state index is 0.144. The molecule has 118 valence electrons. The number of hydrogen-bond donors (Lipinski definition) is 2. The molecule has 0 spiro atoms. The first kappa shape index (κ1) is 15.3. The normalized spacial score (nSPS) is 22.3. The number of ether oxygens (including phenoxy) is 1. The van der Waals surface area contributed by atoms with E-state index in [1.807, 2.05) is 13.0 Å². The molecule has 2 heterocycles. The largest absolute Gasteiger partial charge is 0.658 e. The van der Waals surface area contributed by atoms with Gasteiger partial charge in [-0.3, -0.25) is 9.69 Å². The van der Waals surface area contributed by atoms with E-state index in [9.17, 15) is 14.6 Å². The van der Waals surface area contributed by atoms with Crippen LogP contribution in [-0.4, -0.2) is 36.9 Å². The van der Waals surface area contributed by atoms with Crippen LogP contribution >= 0.6 is 7.94 Å². The van der Waals surface area contributed by atoms with Crippen LogP contribution in [-0.2, 0) is 4.74 Å². The molecule has 0 saturated heterocycles. The molecule has 0 bridgehead atoms. The van der Waals surface area contributed by atoms with Crippen LogP contribution in [0.1, 0.15) is 19.4 Å². The van der Waals surface area contributed by atoms with Crippen LogP contribution in [0.25, 0.3) is 11.2 Å². The Balaban J connectivity index is 1.82. The molecule has 1 aliphatic rings. The molecule has 0 radical (unpaired) electrons. The van der Waals surface area contributed by atoms with Gasteiger partial charge in [0.25, 0.3) is 5.56 Å². The first-order valence-electron chi connectivity index (χ1n) is 6.58. The average Bonchev–Trinajstić information content (AvgIpc) is 3.00. The number of nitrogens with zero attached hydrogens (tertiary/aromatic N) is 3. The summed E-state index contributed by atoms with van der Waals surface area (Å²) in [5.74, 6) is 0. The minimum Gasteiger partial charge on any atom is -0.658 e. The summed E-state index contributed by atoms with van der Waals surface area (Å²) < 4.78 is 6.97. The van der Waals surface area contributed by atoms with Crippen molar-refractivity contribution < 1.29 is 19.4 Å². The number of allylic oxidation sites excluding steroid dienone is 1. The van der Waals surface area contributed by atoms with Crippen molar-refractivity contribution in [2.75, 3.05) is 6.35 Å². The second-order valence-corrected chi connectivity index (χ2v) is 6.72. The van der Waals surface area contributed by atoms with Gasteiger partial charge < -0.3 is 24.1 Å². The summed E-state index contributed by atoms with van der Waals surface area (Å²) in [4.78, 5) is 52.6. The highest BCUT2D eigenvalue weighted by Gasteiger charge is 2.28. The Morgan fingerprint density at radius 1 is 1.55 bits per heavy atom. The zero-order valence-electron chi connectivity index (χ0n) is 11.7. The SMILES string of the molecule is CC1=C[C@H](n2cnc3c(=O)[nH]cnc32)C[C@@H]1OC[P+]([O-])([O-])O. The molecule has 2 aromatic heterocycles. The summed E-state index contributed by atoms with van der Waals surface area (Å²) in [5.41, 5.74) is 1.24. The Labute approximate surface area is 125 Å². The molecule has 3 rings (SSSR count). The molecule has 0 unspecified atom stereocenters. The standard InChI is InChI=1S/C12H15N4O5P/c1-7-2-8(3-9(7)21-6-22(18,19)20)16-5-15-10-11(16)13-4-14-12(10)17/h2,4-5,8-9H,3,6H2,1H3,(H,13,14,17)(H2,18,19,20)/p-1/t8-,9-/m0/s1. The Bertz CT molecular complexity index is 778. The van der Waals surface area contributed by atoms with Gasteiger partial charge in [0.2, 0.25) is 0 Å². The third kappa shape index (κ3) is 2.94. The Morgan fingerprint density at radius 2 is 2.32 bits per heavy atom. The van der Waals surface area contributed by atoms with Crippen molar-refractivity contribution in [3.05, 3.63) is 34.7 Å². The molecule has 2 N–H and O–H groups in total. The molecule has 2 atom stereocenters. The van der Waals surface area contributed by atoms with E-state index in [-0.39, 0.29) is 17.1 Å². The van der Waals surface area contributed by atoms with Gasteiger partial charge in [-0.1, -0.05) is 6.08 Å². The number of H-pyrrole nitrogens is 1. The molecule has 10 heteroatoms. The molecular weight excluding hydrogens is 311 g/mol. The molecule has 9 nitrogen and oxygen atoms in total. The smallest absolute Gasteiger partial charge is 0.278 e. The molecule has 1 aliphatic carbocycles. The zero-order chi connectivity index (χ0) is 15.9. The van der Waals surface area contributed by atoms with Gasteiger partial charge >= 0.3 is 0 Å². The number of imidazole rings is 1. The topological polar surface area (TPSA) is 139 Å². The fourth-order valence-corrected chi connectivity index (χ4v) is 2.94. The lowest BCUT2D eigenvalue weighted by Gasteiger charge is -2.28. The monoisotopic (exact) mass is 325 g/mol. The Hall–Kier alpha value is -1.64. The van der Waals surface area contributed by atoms with Crippen LogP contribution in [0.2, 0.25) is 0 Å². The van der Waals surface area contributed by atoms with Crippen molar-refractivity contribution in [1.29, 1.82) is 0 Å². The van der Waals surface area contributed by atoms with Gasteiger partial charge in [-0.05, 0) is 12.5 Å². The highest BCUT2D eigenvalue weighted by atomic mass is 31.2. The first-order valence-corrected chi connectivity index (χ1v) is 8.34. The molecule has 0 fully saturated rings. The van der Waals surface area contributed by atoms with E-state index in [2.05, 4.69) is 15.0 Å². The average molecular weight is 325 g/mol. The molecule has 0 amide bonds. The van der Waals surface area contributed by atoms with Gasteiger partial charge in [0.15, 0.2) is 17.5 Å². The van der Waals surface area contributed by atoms with Crippen LogP contribution in [0.5, 0.6) is 0 Å². The number of rotatable bonds is 4. The van der Waals surface area contributed by atoms with E-state index < -0.39 is 20.4 Å². The second kappa shape index (κ2) is 5.53. The molecule has 0 aliphatic heterocycles. The summed E-state index contributed by atoms with van der Waals surface area (Å²) in [6, 6.07) is -0.144. The van der Waals surface area contributed by atoms with Crippen molar-refractivity contribution in [2.24, 2.45) is 0 Å². The number of fused-ring (bicyclic) bond motifs is 1. The minimum atomic E-state index is -4.45. The fraction of sp³-hybridized carbons (Fsp3) is 0.417. The summed E-state index contributed by atoms with van der Waals surface area (Å²) >= 11 is 0. The molecule has 0 saturated carbocycles. The Morgan fingerprint density at radius 3 is 3.05 bits per heavy atom. The summed E-state index contributed by atoms with van der Waals surface area (Å²) in [5, 5.41) is 0. The number of hydrogen-bond acceptors (Lipinski definition) is 7. The van der Waals surface area contributed by atoms with Gasteiger partial charge in [0.05, 0.1) is 32.7 Å². The maximum Gasteiger partial charge on any atom is 0.278 e. The lowest BCUT2D eigenvalue weighted by Crippen LogP contribution is -2.27. The number of nitrogens with one attached hydrogen (secondary N) is 1. The van der Waals surface area contributed by atoms with Crippen molar-refractivity contribution in [2.45, 2.75) is 25.5 Å². The highest BCUT2D eigenvalue weighted by Crippen LogP contribution is 2.37. The van der Waals surface area contributed by atoms with Crippen LogP contribution in [0.4, 0.5) is 0 Å². The molecule has 2 aromatic rings. The van der Waals surface area contributed by atoms with E-state index in [4.69, 9.17) is 9.63 Å². The van der Waals surface area contributed by atoms with Crippen molar-refractivity contribution in [3.63, 3.8) is 0 Å². The maximum absolute atomic E-state index is 11.6. The van der Waals surface area contributed by atoms with E-state index in [1.165, 1.54) is 12.7 Å². The predicted molar refractivity (Wildman–Crippen MR) is 74.4 cm³/mol. The lowest BCUT2D eigenvalue weighted by atomic mass is 10.2. The third-order valence-electron chi connectivity index (χ3n) is 3.58. The Kier molecular flexibility index (Phi) is 3.84. The van der Waals surface area contributed by atoms with Gasteiger partial charge in [0.1, 0.15) is 0 Å². The van der Waals surface area contributed by atoms with Gasteiger partial charge in [-0.15, -0.1) is 0 Å². The fourth-order valence-electron chi connectivity index (χ4n) is 2.57. The van der Waals surface area contributed by atoms with E-state index in [0.29, 0.717) is 12.1 Å². The van der Waals surface area contributed by atoms with E-state index in [1.54, 1.807) is 4.57 Å². The highest BCUT2D eigenvalue weighted by molar-refractivity contribution is 7.55. The zero-order valence-corrected chi connectivity index (χ0v) is 12.6. The van der Waals surface area contributed by atoms with Crippen LogP contribution in [0.15, 0.2) is 29.1 Å². The summed E-state index contributed by atoms with van der Waals surface area (Å²) in [6.45, 7) is 1.82. The summed E-state index contributed by atoms with van der Waals surface area (Å²) in [6.07, 6.45) is 4.07. The van der Waals surface area contributed by atoms with Crippen LogP contribution in [0, 0.1) is 0 Å². The quantitative estimate of drug-likeness (QED) is 0.533. The molecular formula is C12H14N4O5P-. The summed E-state index contributed by atoms with van der Waals surface area (Å²) in [7, 11) is -4.45. The van der Waals surface area contributed by atoms with E-state index in [0.717, 1.165) is 5.57 Å². The molecule has 22 heavy (non-hydrogen) atoms. The molecule has 0 aromatic carbocycles. The van der Waals surface area contributed by atoms with E-state index >= 15 is 0 Å². The van der Waals surface area contributed by atoms with Gasteiger partial charge in [0, 0.05) is 6.42 Å². The first-order chi connectivity index (χ1) is 10.3. The number of aromatic amines is 1. The number of aromatic nitrogens is 4. The lowest BCUT2D eigenvalue weighted by molar-refractivity contribution is -0.336. The second-order valence-electron chi connectivity index (χ2n) is 5.19. The predicted octanol–water partition coefficient (Wildman–Crippen LogP) is -1.17. The third-order valence-corrected chi connectivity index (χ3v) is 4.06. The van der Waals surface area contributed by atoms with Gasteiger partial charge in [-0.2, -0.15) is 0 Å². The van der Waals surface area contributed by atoms with Crippen LogP contribution < -0.4 is 15.3 Å². The van der Waals surface area contributed by atoms with Crippen LogP contribution in [0.3, 0.4) is 0 Å². The van der Waals surface area contributed by atoms with Crippen molar-refractivity contribution in [3.8, 4) is 0 Å². The maximum atomic E-state index is 11.6.